The number of aromatic hydroxyl groups is 1. The molecule has 0 radical (unpaired) electrons. The van der Waals surface area contributed by atoms with Crippen LogP contribution in [0.3, 0.4) is 0 Å². The molecule has 0 unspecified atom stereocenters. The van der Waals surface area contributed by atoms with Gasteiger partial charge in [-0.1, -0.05) is 0 Å². The highest BCUT2D eigenvalue weighted by atomic mass is 19.1. The summed E-state index contributed by atoms with van der Waals surface area (Å²) in [6.07, 6.45) is -0.490. The van der Waals surface area contributed by atoms with E-state index in [1.54, 1.807) is 20.8 Å². The van der Waals surface area contributed by atoms with Crippen LogP contribution in [0.5, 0.6) is 5.75 Å². The molecule has 0 aliphatic carbocycles. The normalized spacial score (nSPS) is 12.1. The predicted octanol–water partition coefficient (Wildman–Crippen LogP) is 2.92. The van der Waals surface area contributed by atoms with Crippen LogP contribution in [0, 0.1) is 5.82 Å². The van der Waals surface area contributed by atoms with Crippen molar-refractivity contribution in [2.75, 3.05) is 6.54 Å². The number of phenolic OH excluding ortho intramolecular Hbond substituents is 1. The lowest BCUT2D eigenvalue weighted by Gasteiger charge is -2.28. The van der Waals surface area contributed by atoms with E-state index < -0.39 is 23.1 Å². The number of nitrogens with one attached hydrogen (secondary N) is 2. The van der Waals surface area contributed by atoms with E-state index in [0.717, 1.165) is 0 Å². The van der Waals surface area contributed by atoms with Gasteiger partial charge in [0, 0.05) is 24.2 Å². The number of amides is 1. The second kappa shape index (κ2) is 6.96. The largest absolute Gasteiger partial charge is 0.508 e. The van der Waals surface area contributed by atoms with Crippen molar-refractivity contribution < 1.29 is 19.0 Å². The van der Waals surface area contributed by atoms with Gasteiger partial charge in [0.1, 0.15) is 17.2 Å². The SMILES string of the molecule is CC(C)(CNC(=O)OC(C)(C)C)NCc1cc(F)ccc1O. The lowest BCUT2D eigenvalue weighted by atomic mass is 10.0. The van der Waals surface area contributed by atoms with Crippen molar-refractivity contribution in [3.8, 4) is 5.75 Å². The van der Waals surface area contributed by atoms with Crippen LogP contribution in [-0.4, -0.2) is 28.9 Å². The molecule has 0 aromatic heterocycles. The van der Waals surface area contributed by atoms with Crippen LogP contribution in [0.25, 0.3) is 0 Å². The van der Waals surface area contributed by atoms with Crippen molar-refractivity contribution in [3.05, 3.63) is 29.6 Å². The Labute approximate surface area is 130 Å². The van der Waals surface area contributed by atoms with Crippen molar-refractivity contribution in [1.82, 2.24) is 10.6 Å². The second-order valence-electron chi connectivity index (χ2n) is 6.87. The summed E-state index contributed by atoms with van der Waals surface area (Å²) in [6, 6.07) is 3.80. The number of carbonyl (C=O) groups is 1. The van der Waals surface area contributed by atoms with Gasteiger partial charge in [-0.05, 0) is 52.8 Å². The number of hydrogen-bond acceptors (Lipinski definition) is 4. The van der Waals surface area contributed by atoms with Crippen molar-refractivity contribution in [2.45, 2.75) is 52.3 Å². The second-order valence-corrected chi connectivity index (χ2v) is 6.87. The monoisotopic (exact) mass is 312 g/mol. The smallest absolute Gasteiger partial charge is 0.407 e. The van der Waals surface area contributed by atoms with E-state index in [2.05, 4.69) is 10.6 Å². The van der Waals surface area contributed by atoms with Crippen LogP contribution in [0.2, 0.25) is 0 Å². The summed E-state index contributed by atoms with van der Waals surface area (Å²) in [6.45, 7) is 9.78. The van der Waals surface area contributed by atoms with Crippen LogP contribution in [0.15, 0.2) is 18.2 Å². The zero-order valence-electron chi connectivity index (χ0n) is 13.8. The minimum absolute atomic E-state index is 0.0322. The summed E-state index contributed by atoms with van der Waals surface area (Å²) in [4.78, 5) is 11.6. The van der Waals surface area contributed by atoms with Crippen LogP contribution < -0.4 is 10.6 Å². The number of hydrogen-bond donors (Lipinski definition) is 3. The molecule has 0 fully saturated rings. The minimum Gasteiger partial charge on any atom is -0.508 e. The Morgan fingerprint density at radius 3 is 2.50 bits per heavy atom. The standard InChI is InChI=1S/C16H25FN2O3/c1-15(2,3)22-14(21)18-10-16(4,5)19-9-11-8-12(17)6-7-13(11)20/h6-8,19-20H,9-10H2,1-5H3,(H,18,21). The molecule has 6 heteroatoms. The van der Waals surface area contributed by atoms with Crippen LogP contribution in [-0.2, 0) is 11.3 Å². The summed E-state index contributed by atoms with van der Waals surface area (Å²) in [5, 5.41) is 15.5. The number of benzene rings is 1. The van der Waals surface area contributed by atoms with E-state index in [4.69, 9.17) is 4.74 Å². The molecule has 0 atom stereocenters. The molecule has 1 aromatic carbocycles. The third-order valence-corrected chi connectivity index (χ3v) is 2.87. The average Bonchev–Trinajstić information content (AvgIpc) is 2.36. The molecular weight excluding hydrogens is 287 g/mol. The number of carbonyl (C=O) groups excluding carboxylic acids is 1. The maximum atomic E-state index is 13.2. The van der Waals surface area contributed by atoms with Crippen molar-refractivity contribution in [1.29, 1.82) is 0 Å². The fourth-order valence-corrected chi connectivity index (χ4v) is 1.70. The Morgan fingerprint density at radius 1 is 1.27 bits per heavy atom. The summed E-state index contributed by atoms with van der Waals surface area (Å²) in [7, 11) is 0. The molecule has 0 saturated carbocycles. The topological polar surface area (TPSA) is 70.6 Å². The lowest BCUT2D eigenvalue weighted by molar-refractivity contribution is 0.0513. The van der Waals surface area contributed by atoms with E-state index >= 15 is 0 Å². The molecule has 1 rings (SSSR count). The molecular formula is C16H25FN2O3. The highest BCUT2D eigenvalue weighted by molar-refractivity contribution is 5.67. The maximum Gasteiger partial charge on any atom is 0.407 e. The van der Waals surface area contributed by atoms with Gasteiger partial charge >= 0.3 is 6.09 Å². The number of phenols is 1. The fraction of sp³-hybridized carbons (Fsp3) is 0.562. The predicted molar refractivity (Wildman–Crippen MR) is 83.2 cm³/mol. The first kappa shape index (κ1) is 18.2. The van der Waals surface area contributed by atoms with Gasteiger partial charge in [0.15, 0.2) is 0 Å². The van der Waals surface area contributed by atoms with E-state index in [9.17, 15) is 14.3 Å². The molecule has 124 valence electrons. The zero-order valence-corrected chi connectivity index (χ0v) is 13.8. The molecule has 0 aliphatic rings. The highest BCUT2D eigenvalue weighted by Crippen LogP contribution is 2.18. The number of alkyl carbamates (subject to hydrolysis) is 1. The molecule has 22 heavy (non-hydrogen) atoms. The van der Waals surface area contributed by atoms with E-state index in [1.807, 2.05) is 13.8 Å². The van der Waals surface area contributed by atoms with Gasteiger partial charge in [0.25, 0.3) is 0 Å². The molecule has 0 heterocycles. The molecule has 5 nitrogen and oxygen atoms in total. The third-order valence-electron chi connectivity index (χ3n) is 2.87. The Balaban J connectivity index is 2.50. The lowest BCUT2D eigenvalue weighted by Crippen LogP contribution is -2.49. The summed E-state index contributed by atoms with van der Waals surface area (Å²) in [5.41, 5.74) is -0.532. The van der Waals surface area contributed by atoms with E-state index in [1.165, 1.54) is 18.2 Å². The van der Waals surface area contributed by atoms with Crippen LogP contribution >= 0.6 is 0 Å². The molecule has 3 N–H and O–H groups in total. The Bertz CT molecular complexity index is 525. The van der Waals surface area contributed by atoms with Gasteiger partial charge in [-0.3, -0.25) is 0 Å². The zero-order chi connectivity index (χ0) is 17.0. The van der Waals surface area contributed by atoms with E-state index in [0.29, 0.717) is 12.1 Å². The van der Waals surface area contributed by atoms with E-state index in [-0.39, 0.29) is 12.3 Å². The maximum absolute atomic E-state index is 13.2. The van der Waals surface area contributed by atoms with Gasteiger partial charge in [-0.25, -0.2) is 9.18 Å². The molecule has 0 spiro atoms. The Morgan fingerprint density at radius 2 is 1.91 bits per heavy atom. The molecule has 0 bridgehead atoms. The van der Waals surface area contributed by atoms with Crippen molar-refractivity contribution >= 4 is 6.09 Å². The van der Waals surface area contributed by atoms with Gasteiger partial charge in [-0.2, -0.15) is 0 Å². The first-order valence-electron chi connectivity index (χ1n) is 7.18. The van der Waals surface area contributed by atoms with Crippen LogP contribution in [0.1, 0.15) is 40.2 Å². The summed E-state index contributed by atoms with van der Waals surface area (Å²) < 4.78 is 18.3. The number of rotatable bonds is 5. The molecule has 1 amide bonds. The average molecular weight is 312 g/mol. The quantitative estimate of drug-likeness (QED) is 0.782. The van der Waals surface area contributed by atoms with Gasteiger partial charge in [0.2, 0.25) is 0 Å². The number of ether oxygens (including phenoxy) is 1. The Kier molecular flexibility index (Phi) is 5.77. The van der Waals surface area contributed by atoms with Gasteiger partial charge in [-0.15, -0.1) is 0 Å². The minimum atomic E-state index is -0.547. The fourth-order valence-electron chi connectivity index (χ4n) is 1.70. The first-order chi connectivity index (χ1) is 9.98. The van der Waals surface area contributed by atoms with Crippen LogP contribution in [0.4, 0.5) is 9.18 Å². The molecule has 0 saturated heterocycles. The van der Waals surface area contributed by atoms with Crippen molar-refractivity contribution in [2.24, 2.45) is 0 Å². The molecule has 1 aromatic rings. The summed E-state index contributed by atoms with van der Waals surface area (Å²) >= 11 is 0. The highest BCUT2D eigenvalue weighted by Gasteiger charge is 2.21. The van der Waals surface area contributed by atoms with Gasteiger partial charge in [0.05, 0.1) is 0 Å². The first-order valence-corrected chi connectivity index (χ1v) is 7.18. The third kappa shape index (κ3) is 6.76. The summed E-state index contributed by atoms with van der Waals surface area (Å²) in [5.74, 6) is -0.371. The van der Waals surface area contributed by atoms with Gasteiger partial charge < -0.3 is 20.5 Å². The molecule has 0 aliphatic heterocycles. The van der Waals surface area contributed by atoms with Crippen molar-refractivity contribution in [3.63, 3.8) is 0 Å². The number of halogens is 1. The Hall–Kier alpha value is -1.82.